The van der Waals surface area contributed by atoms with Crippen molar-refractivity contribution in [1.29, 1.82) is 0 Å². The Morgan fingerprint density at radius 2 is 1.90 bits per heavy atom. The van der Waals surface area contributed by atoms with Gasteiger partial charge in [0.05, 0.1) is 12.6 Å². The zero-order valence-electron chi connectivity index (χ0n) is 13.4. The summed E-state index contributed by atoms with van der Waals surface area (Å²) in [4.78, 5) is 0. The van der Waals surface area contributed by atoms with Crippen LogP contribution >= 0.6 is 0 Å². The summed E-state index contributed by atoms with van der Waals surface area (Å²) < 4.78 is 2.02. The van der Waals surface area contributed by atoms with Gasteiger partial charge in [0.1, 0.15) is 0 Å². The monoisotopic (exact) mass is 279 g/mol. The molecule has 0 spiro atoms. The van der Waals surface area contributed by atoms with Crippen LogP contribution in [0.4, 0.5) is 0 Å². The highest BCUT2D eigenvalue weighted by molar-refractivity contribution is 4.92. The number of tetrazole rings is 1. The van der Waals surface area contributed by atoms with E-state index in [0.29, 0.717) is 11.3 Å². The van der Waals surface area contributed by atoms with Crippen molar-refractivity contribution in [3.05, 3.63) is 5.82 Å². The molecule has 1 saturated carbocycles. The predicted molar refractivity (Wildman–Crippen MR) is 80.3 cm³/mol. The molecule has 1 atom stereocenters. The van der Waals surface area contributed by atoms with E-state index < -0.39 is 0 Å². The van der Waals surface area contributed by atoms with Crippen LogP contribution in [-0.4, -0.2) is 26.8 Å². The zero-order valence-corrected chi connectivity index (χ0v) is 13.4. The van der Waals surface area contributed by atoms with Gasteiger partial charge in [-0.15, -0.1) is 5.10 Å². The lowest BCUT2D eigenvalue weighted by Crippen LogP contribution is -2.31. The fourth-order valence-electron chi connectivity index (χ4n) is 3.06. The molecule has 5 nitrogen and oxygen atoms in total. The molecule has 114 valence electrons. The van der Waals surface area contributed by atoms with E-state index in [0.717, 1.165) is 18.9 Å². The van der Waals surface area contributed by atoms with E-state index in [1.807, 2.05) is 4.68 Å². The molecule has 0 aliphatic heterocycles. The average Bonchev–Trinajstić information content (AvgIpc) is 2.84. The van der Waals surface area contributed by atoms with Crippen LogP contribution in [0.5, 0.6) is 0 Å². The van der Waals surface area contributed by atoms with Crippen LogP contribution in [0.3, 0.4) is 0 Å². The van der Waals surface area contributed by atoms with Crippen LogP contribution in [0.2, 0.25) is 0 Å². The van der Waals surface area contributed by atoms with Gasteiger partial charge in [0.15, 0.2) is 5.82 Å². The van der Waals surface area contributed by atoms with Gasteiger partial charge in [-0.1, -0.05) is 40.0 Å². The number of nitrogens with zero attached hydrogens (tertiary/aromatic N) is 4. The Bertz CT molecular complexity index is 406. The molecule has 1 unspecified atom stereocenters. The number of hydrogen-bond acceptors (Lipinski definition) is 4. The third-order valence-corrected chi connectivity index (χ3v) is 4.37. The summed E-state index contributed by atoms with van der Waals surface area (Å²) >= 11 is 0. The van der Waals surface area contributed by atoms with Crippen molar-refractivity contribution in [2.45, 2.75) is 72.4 Å². The first kappa shape index (κ1) is 15.4. The number of nitrogens with one attached hydrogen (secondary N) is 1. The Kier molecular flexibility index (Phi) is 5.13. The van der Waals surface area contributed by atoms with Gasteiger partial charge >= 0.3 is 0 Å². The van der Waals surface area contributed by atoms with Gasteiger partial charge < -0.3 is 5.32 Å². The van der Waals surface area contributed by atoms with Crippen molar-refractivity contribution in [1.82, 2.24) is 25.5 Å². The van der Waals surface area contributed by atoms with Gasteiger partial charge in [0.2, 0.25) is 0 Å². The minimum atomic E-state index is 0.208. The van der Waals surface area contributed by atoms with Gasteiger partial charge in [-0.25, -0.2) is 4.68 Å². The first-order valence-corrected chi connectivity index (χ1v) is 8.00. The van der Waals surface area contributed by atoms with Gasteiger partial charge in [0.25, 0.3) is 0 Å². The number of hydrogen-bond donors (Lipinski definition) is 1. The van der Waals surface area contributed by atoms with Crippen LogP contribution in [0, 0.1) is 11.3 Å². The quantitative estimate of drug-likeness (QED) is 0.870. The van der Waals surface area contributed by atoms with Crippen molar-refractivity contribution in [3.63, 3.8) is 0 Å². The van der Waals surface area contributed by atoms with Crippen LogP contribution in [0.15, 0.2) is 0 Å². The summed E-state index contributed by atoms with van der Waals surface area (Å²) in [6.45, 7) is 10.9. The molecule has 0 aromatic carbocycles. The van der Waals surface area contributed by atoms with Gasteiger partial charge in [0, 0.05) is 0 Å². The SMILES string of the molecule is CC(C)CNC(C)c1nnnn1CC1(C)CCCCC1. The predicted octanol–water partition coefficient (Wildman–Crippen LogP) is 2.95. The molecule has 1 aromatic heterocycles. The molecule has 1 aliphatic carbocycles. The lowest BCUT2D eigenvalue weighted by molar-refractivity contribution is 0.171. The van der Waals surface area contributed by atoms with Crippen LogP contribution < -0.4 is 5.32 Å². The Hall–Kier alpha value is -0.970. The summed E-state index contributed by atoms with van der Waals surface area (Å²) in [5.74, 6) is 1.61. The van der Waals surface area contributed by atoms with E-state index in [4.69, 9.17) is 0 Å². The third kappa shape index (κ3) is 4.01. The zero-order chi connectivity index (χ0) is 14.6. The maximum Gasteiger partial charge on any atom is 0.167 e. The van der Waals surface area contributed by atoms with Crippen molar-refractivity contribution in [2.24, 2.45) is 11.3 Å². The maximum absolute atomic E-state index is 4.23. The molecular weight excluding hydrogens is 250 g/mol. The highest BCUT2D eigenvalue weighted by Gasteiger charge is 2.29. The fraction of sp³-hybridized carbons (Fsp3) is 0.933. The molecule has 1 N–H and O–H groups in total. The largest absolute Gasteiger partial charge is 0.307 e. The van der Waals surface area contributed by atoms with Crippen molar-refractivity contribution < 1.29 is 0 Å². The summed E-state index contributed by atoms with van der Waals surface area (Å²) in [7, 11) is 0. The molecule has 0 saturated heterocycles. The fourth-order valence-corrected chi connectivity index (χ4v) is 3.06. The third-order valence-electron chi connectivity index (χ3n) is 4.37. The molecule has 0 amide bonds. The van der Waals surface area contributed by atoms with Crippen molar-refractivity contribution >= 4 is 0 Å². The second-order valence-corrected chi connectivity index (χ2v) is 7.09. The second-order valence-electron chi connectivity index (χ2n) is 7.09. The number of aromatic nitrogens is 4. The van der Waals surface area contributed by atoms with Crippen molar-refractivity contribution in [3.8, 4) is 0 Å². The molecular formula is C15H29N5. The minimum absolute atomic E-state index is 0.208. The van der Waals surface area contributed by atoms with Gasteiger partial charge in [-0.2, -0.15) is 0 Å². The Labute approximate surface area is 122 Å². The Morgan fingerprint density at radius 3 is 2.55 bits per heavy atom. The molecule has 20 heavy (non-hydrogen) atoms. The van der Waals surface area contributed by atoms with E-state index in [9.17, 15) is 0 Å². The molecule has 1 heterocycles. The van der Waals surface area contributed by atoms with Crippen LogP contribution in [-0.2, 0) is 6.54 Å². The topological polar surface area (TPSA) is 55.6 Å². The summed E-state index contributed by atoms with van der Waals surface area (Å²) in [5, 5.41) is 15.9. The summed E-state index contributed by atoms with van der Waals surface area (Å²) in [6, 6.07) is 0.208. The van der Waals surface area contributed by atoms with Crippen LogP contribution in [0.1, 0.15) is 71.7 Å². The molecule has 5 heteroatoms. The molecule has 1 aromatic rings. The lowest BCUT2D eigenvalue weighted by Gasteiger charge is -2.33. The molecule has 1 aliphatic rings. The Balaban J connectivity index is 2.00. The molecule has 0 bridgehead atoms. The average molecular weight is 279 g/mol. The van der Waals surface area contributed by atoms with E-state index in [2.05, 4.69) is 48.5 Å². The highest BCUT2D eigenvalue weighted by Crippen LogP contribution is 2.37. The highest BCUT2D eigenvalue weighted by atomic mass is 15.5. The standard InChI is InChI=1S/C15H29N5/c1-12(2)10-16-13(3)14-17-18-19-20(14)11-15(4)8-6-5-7-9-15/h12-13,16H,5-11H2,1-4H3. The van der Waals surface area contributed by atoms with E-state index in [-0.39, 0.29) is 6.04 Å². The van der Waals surface area contributed by atoms with E-state index >= 15 is 0 Å². The molecule has 0 radical (unpaired) electrons. The van der Waals surface area contributed by atoms with Crippen molar-refractivity contribution in [2.75, 3.05) is 6.54 Å². The van der Waals surface area contributed by atoms with Crippen LogP contribution in [0.25, 0.3) is 0 Å². The van der Waals surface area contributed by atoms with Gasteiger partial charge in [-0.05, 0) is 48.1 Å². The Morgan fingerprint density at radius 1 is 1.20 bits per heavy atom. The van der Waals surface area contributed by atoms with E-state index in [1.54, 1.807) is 0 Å². The maximum atomic E-state index is 4.23. The smallest absolute Gasteiger partial charge is 0.167 e. The molecule has 1 fully saturated rings. The first-order valence-electron chi connectivity index (χ1n) is 8.00. The minimum Gasteiger partial charge on any atom is -0.307 e. The summed E-state index contributed by atoms with van der Waals surface area (Å²) in [5.41, 5.74) is 0.361. The second kappa shape index (κ2) is 6.66. The molecule has 2 rings (SSSR count). The van der Waals surface area contributed by atoms with E-state index in [1.165, 1.54) is 32.1 Å². The first-order chi connectivity index (χ1) is 9.50. The summed E-state index contributed by atoms with van der Waals surface area (Å²) in [6.07, 6.45) is 6.65. The number of rotatable bonds is 6. The normalized spacial score (nSPS) is 20.2. The lowest BCUT2D eigenvalue weighted by atomic mass is 9.76. The van der Waals surface area contributed by atoms with Gasteiger partial charge in [-0.3, -0.25) is 0 Å².